The standard InChI is InChI=1S/C44H32N2.C37H24/c1-3-15-39(16-4-1)45(43-29-23-33-11-7-9-13-37(33)31-43)41-25-19-35(20-26-41)36-21-27-42(28-22-36)46(40-17-5-2-6-18-40)44-30-24-34-12-8-10-14-38(34)32-44;1-3-13-25(14-4-1)27-23-24-31-30-19-9-12-22-34(30)37(36(31)35(27)26-15-5-2-6-16-26)32-20-10-7-17-28(32)29-18-8-11-21-33(29)37/h1-32H;1-24H. The van der Waals surface area contributed by atoms with Crippen molar-refractivity contribution in [2.75, 3.05) is 9.80 Å². The molecule has 0 radical (unpaired) electrons. The zero-order valence-corrected chi connectivity index (χ0v) is 45.7. The molecule has 0 aromatic heterocycles. The Labute approximate surface area is 485 Å². The van der Waals surface area contributed by atoms with Crippen molar-refractivity contribution in [2.24, 2.45) is 0 Å². The molecule has 0 bridgehead atoms. The minimum absolute atomic E-state index is 0.366. The zero-order valence-electron chi connectivity index (χ0n) is 45.7. The van der Waals surface area contributed by atoms with Gasteiger partial charge >= 0.3 is 0 Å². The van der Waals surface area contributed by atoms with E-state index in [0.717, 1.165) is 34.1 Å². The van der Waals surface area contributed by atoms with Crippen molar-refractivity contribution >= 4 is 55.7 Å². The van der Waals surface area contributed by atoms with Gasteiger partial charge in [0, 0.05) is 34.1 Å². The number of para-hydroxylation sites is 2. The van der Waals surface area contributed by atoms with Gasteiger partial charge in [0.05, 0.1) is 5.41 Å². The van der Waals surface area contributed by atoms with E-state index in [1.54, 1.807) is 0 Å². The summed E-state index contributed by atoms with van der Waals surface area (Å²) in [6, 6.07) is 123. The molecular weight excluding hydrogens is 1000 g/mol. The fourth-order valence-electron chi connectivity index (χ4n) is 13.2. The van der Waals surface area contributed by atoms with Gasteiger partial charge in [-0.15, -0.1) is 0 Å². The first-order chi connectivity index (χ1) is 41.2. The Morgan fingerprint density at radius 2 is 0.518 bits per heavy atom. The average molecular weight is 1060 g/mol. The maximum atomic E-state index is 2.36. The molecule has 0 atom stereocenters. The third-order valence-electron chi connectivity index (χ3n) is 16.9. The Morgan fingerprint density at radius 1 is 0.193 bits per heavy atom. The normalized spacial score (nSPS) is 12.2. The van der Waals surface area contributed by atoms with Crippen LogP contribution in [0.25, 0.3) is 77.2 Å². The summed E-state index contributed by atoms with van der Waals surface area (Å²) in [7, 11) is 0. The summed E-state index contributed by atoms with van der Waals surface area (Å²) in [4.78, 5) is 4.64. The van der Waals surface area contributed by atoms with Crippen LogP contribution in [0.5, 0.6) is 0 Å². The highest BCUT2D eigenvalue weighted by Gasteiger charge is 2.53. The predicted molar refractivity (Wildman–Crippen MR) is 350 cm³/mol. The predicted octanol–water partition coefficient (Wildman–Crippen LogP) is 22.0. The second-order valence-electron chi connectivity index (χ2n) is 21.5. The molecule has 2 heteroatoms. The molecule has 2 aliphatic carbocycles. The van der Waals surface area contributed by atoms with Crippen LogP contribution in [0.3, 0.4) is 0 Å². The first kappa shape index (κ1) is 49.3. The number of rotatable bonds is 9. The molecule has 0 N–H and O–H groups in total. The van der Waals surface area contributed by atoms with Gasteiger partial charge in [0.2, 0.25) is 0 Å². The fraction of sp³-hybridized carbons (Fsp3) is 0.0123. The Morgan fingerprint density at radius 3 is 0.964 bits per heavy atom. The van der Waals surface area contributed by atoms with E-state index in [4.69, 9.17) is 0 Å². The molecule has 83 heavy (non-hydrogen) atoms. The number of fused-ring (bicyclic) bond motifs is 12. The van der Waals surface area contributed by atoms with Crippen LogP contribution >= 0.6 is 0 Å². The van der Waals surface area contributed by atoms with Gasteiger partial charge in [-0.25, -0.2) is 0 Å². The Kier molecular flexibility index (Phi) is 12.5. The molecule has 2 nitrogen and oxygen atoms in total. The largest absolute Gasteiger partial charge is 0.310 e. The molecule has 0 amide bonds. The second-order valence-corrected chi connectivity index (χ2v) is 21.5. The smallest absolute Gasteiger partial charge is 0.0731 e. The van der Waals surface area contributed by atoms with Crippen molar-refractivity contribution in [1.29, 1.82) is 0 Å². The highest BCUT2D eigenvalue weighted by atomic mass is 15.1. The molecule has 2 aliphatic rings. The summed E-state index contributed by atoms with van der Waals surface area (Å²) in [6.45, 7) is 0. The van der Waals surface area contributed by atoms with Crippen LogP contribution in [0.4, 0.5) is 34.1 Å². The molecule has 0 unspecified atom stereocenters. The summed E-state index contributed by atoms with van der Waals surface area (Å²) < 4.78 is 0. The fourth-order valence-corrected chi connectivity index (χ4v) is 13.2. The number of hydrogen-bond donors (Lipinski definition) is 0. The van der Waals surface area contributed by atoms with Crippen molar-refractivity contribution in [3.63, 3.8) is 0 Å². The monoisotopic (exact) mass is 1060 g/mol. The second kappa shape index (κ2) is 21.0. The van der Waals surface area contributed by atoms with Crippen LogP contribution in [0.15, 0.2) is 340 Å². The van der Waals surface area contributed by atoms with Crippen LogP contribution in [-0.2, 0) is 5.41 Å². The molecule has 0 aliphatic heterocycles. The summed E-state index contributed by atoms with van der Waals surface area (Å²) in [5, 5.41) is 4.94. The van der Waals surface area contributed by atoms with Crippen molar-refractivity contribution in [3.8, 4) is 55.6 Å². The van der Waals surface area contributed by atoms with E-state index in [0.29, 0.717) is 0 Å². The van der Waals surface area contributed by atoms with Gasteiger partial charge in [0.1, 0.15) is 0 Å². The third kappa shape index (κ3) is 8.59. The summed E-state index contributed by atoms with van der Waals surface area (Å²) in [5.41, 5.74) is 24.7. The van der Waals surface area contributed by atoms with E-state index in [2.05, 4.69) is 350 Å². The molecule has 0 saturated heterocycles. The number of nitrogens with zero attached hydrogens (tertiary/aromatic N) is 2. The average Bonchev–Trinajstić information content (AvgIpc) is 1.82. The van der Waals surface area contributed by atoms with Gasteiger partial charge in [0.15, 0.2) is 0 Å². The Balaban J connectivity index is 0.000000145. The van der Waals surface area contributed by atoms with Gasteiger partial charge in [-0.05, 0) is 172 Å². The van der Waals surface area contributed by atoms with Gasteiger partial charge in [-0.1, -0.05) is 267 Å². The van der Waals surface area contributed by atoms with Crippen molar-refractivity contribution in [1.82, 2.24) is 0 Å². The van der Waals surface area contributed by atoms with E-state index in [1.165, 1.54) is 99.4 Å². The highest BCUT2D eigenvalue weighted by Crippen LogP contribution is 2.65. The maximum absolute atomic E-state index is 2.36. The lowest BCUT2D eigenvalue weighted by molar-refractivity contribution is 0.796. The van der Waals surface area contributed by atoms with E-state index in [-0.39, 0.29) is 5.41 Å². The van der Waals surface area contributed by atoms with Crippen LogP contribution in [0, 0.1) is 0 Å². The Bertz CT molecular complexity index is 4420. The molecule has 14 aromatic carbocycles. The molecule has 0 fully saturated rings. The molecule has 0 heterocycles. The summed E-state index contributed by atoms with van der Waals surface area (Å²) >= 11 is 0. The van der Waals surface area contributed by atoms with Gasteiger partial charge in [0.25, 0.3) is 0 Å². The van der Waals surface area contributed by atoms with Crippen molar-refractivity contribution in [3.05, 3.63) is 362 Å². The van der Waals surface area contributed by atoms with E-state index >= 15 is 0 Å². The van der Waals surface area contributed by atoms with Gasteiger partial charge in [-0.3, -0.25) is 0 Å². The lowest BCUT2D eigenvalue weighted by Gasteiger charge is -2.33. The lowest BCUT2D eigenvalue weighted by atomic mass is 9.68. The summed E-state index contributed by atoms with van der Waals surface area (Å²) in [6.07, 6.45) is 0. The maximum Gasteiger partial charge on any atom is 0.0731 e. The van der Waals surface area contributed by atoms with Crippen LogP contribution in [-0.4, -0.2) is 0 Å². The van der Waals surface area contributed by atoms with Crippen LogP contribution in [0.2, 0.25) is 0 Å². The number of hydrogen-bond acceptors (Lipinski definition) is 2. The molecule has 16 rings (SSSR count). The van der Waals surface area contributed by atoms with E-state index < -0.39 is 0 Å². The van der Waals surface area contributed by atoms with Crippen molar-refractivity contribution in [2.45, 2.75) is 5.41 Å². The first-order valence-corrected chi connectivity index (χ1v) is 28.7. The minimum atomic E-state index is -0.366. The molecule has 0 saturated carbocycles. The topological polar surface area (TPSA) is 6.48 Å². The minimum Gasteiger partial charge on any atom is -0.310 e. The number of anilines is 6. The van der Waals surface area contributed by atoms with Crippen molar-refractivity contribution < 1.29 is 0 Å². The zero-order chi connectivity index (χ0) is 55.1. The lowest BCUT2D eigenvalue weighted by Crippen LogP contribution is -2.26. The summed E-state index contributed by atoms with van der Waals surface area (Å²) in [5.74, 6) is 0. The third-order valence-corrected chi connectivity index (χ3v) is 16.9. The van der Waals surface area contributed by atoms with Gasteiger partial charge < -0.3 is 9.80 Å². The first-order valence-electron chi connectivity index (χ1n) is 28.7. The van der Waals surface area contributed by atoms with E-state index in [1.807, 2.05) is 0 Å². The molecule has 390 valence electrons. The van der Waals surface area contributed by atoms with Gasteiger partial charge in [-0.2, -0.15) is 0 Å². The van der Waals surface area contributed by atoms with Crippen LogP contribution < -0.4 is 9.80 Å². The highest BCUT2D eigenvalue weighted by molar-refractivity contribution is 6.02. The number of benzene rings is 14. The van der Waals surface area contributed by atoms with Crippen LogP contribution in [0.1, 0.15) is 22.3 Å². The molecule has 14 aromatic rings. The molecule has 1 spiro atoms. The quantitative estimate of drug-likeness (QED) is 0.142. The SMILES string of the molecule is c1ccc(-c2ccc3c(c2-c2ccccc2)C2(c4ccccc4-c4ccccc42)c2ccccc2-3)cc1.c1ccc(N(c2ccc(-c3ccc(N(c4ccccc4)c4ccc5ccccc5c4)cc3)cc2)c2ccc3ccccc3c2)cc1. The van der Waals surface area contributed by atoms with E-state index in [9.17, 15) is 0 Å². The Hall–Kier alpha value is -10.8. The molecular formula is C81H56N2.